The molecule has 0 aliphatic carbocycles. The van der Waals surface area contributed by atoms with Gasteiger partial charge in [0, 0.05) is 12.3 Å². The van der Waals surface area contributed by atoms with Crippen molar-refractivity contribution >= 4 is 15.5 Å². The van der Waals surface area contributed by atoms with E-state index in [1.54, 1.807) is 0 Å². The van der Waals surface area contributed by atoms with Crippen molar-refractivity contribution in [3.63, 3.8) is 0 Å². The molecule has 0 N–H and O–H groups in total. The summed E-state index contributed by atoms with van der Waals surface area (Å²) in [6.45, 7) is 11.3. The molecule has 104 valence electrons. The largest absolute Gasteiger partial charge is 0.460 e. The molecule has 4 heteroatoms. The Morgan fingerprint density at radius 2 is 1.53 bits per heavy atom. The van der Waals surface area contributed by atoms with Crippen LogP contribution in [0.4, 0.5) is 0 Å². The van der Waals surface area contributed by atoms with Crippen molar-refractivity contribution in [3.05, 3.63) is 41.5 Å². The maximum Gasteiger partial charge on any atom is 0.174 e. The fourth-order valence-electron chi connectivity index (χ4n) is 2.45. The van der Waals surface area contributed by atoms with Crippen LogP contribution in [-0.4, -0.2) is 20.6 Å². The fraction of sp³-hybridized carbons (Fsp3) is 0.467. The highest BCUT2D eigenvalue weighted by atomic mass is 31.2. The number of benzene rings is 1. The first-order valence-electron chi connectivity index (χ1n) is 6.81. The van der Waals surface area contributed by atoms with Crippen molar-refractivity contribution in [2.75, 3.05) is 12.3 Å². The molecule has 0 radical (unpaired) electrons. The first-order valence-corrected chi connectivity index (χ1v) is 12.3. The predicted molar refractivity (Wildman–Crippen MR) is 87.9 cm³/mol. The van der Waals surface area contributed by atoms with Crippen LogP contribution in [0, 0.1) is 0 Å². The summed E-state index contributed by atoms with van der Waals surface area (Å²) in [4.78, 5) is 0. The third kappa shape index (κ3) is 3.84. The Morgan fingerprint density at radius 3 is 2.00 bits per heavy atom. The average Bonchev–Trinajstić information content (AvgIpc) is 2.52. The maximum atomic E-state index is 6.42. The van der Waals surface area contributed by atoms with E-state index in [-0.39, 0.29) is 0 Å². The van der Waals surface area contributed by atoms with Gasteiger partial charge >= 0.3 is 0 Å². The Labute approximate surface area is 118 Å². The van der Waals surface area contributed by atoms with Crippen LogP contribution in [0.3, 0.4) is 0 Å². The molecule has 0 atom stereocenters. The lowest BCUT2D eigenvalue weighted by atomic mass is 10.2. The molecule has 2 rings (SSSR count). The molecule has 0 bridgehead atoms. The van der Waals surface area contributed by atoms with Gasteiger partial charge < -0.3 is 8.93 Å². The molecule has 0 fully saturated rings. The molecule has 0 unspecified atom stereocenters. The topological polar surface area (TPSA) is 21.6 Å². The van der Waals surface area contributed by atoms with Crippen LogP contribution in [0.5, 0.6) is 5.75 Å². The van der Waals surface area contributed by atoms with Gasteiger partial charge in [-0.25, -0.2) is 0 Å². The molecule has 19 heavy (non-hydrogen) atoms. The molecular formula is C15H24NOPSi. The van der Waals surface area contributed by atoms with Crippen molar-refractivity contribution in [2.45, 2.75) is 33.5 Å². The van der Waals surface area contributed by atoms with Crippen LogP contribution in [0.2, 0.25) is 19.6 Å². The van der Waals surface area contributed by atoms with Crippen LogP contribution in [-0.2, 0) is 0 Å². The molecule has 1 aromatic carbocycles. The number of rotatable bonds is 3. The third-order valence-corrected chi connectivity index (χ3v) is 9.54. The van der Waals surface area contributed by atoms with Gasteiger partial charge in [-0.15, -0.1) is 0 Å². The second-order valence-electron chi connectivity index (χ2n) is 6.40. The third-order valence-electron chi connectivity index (χ3n) is 3.20. The van der Waals surface area contributed by atoms with E-state index in [0.717, 1.165) is 18.1 Å². The van der Waals surface area contributed by atoms with Crippen LogP contribution >= 0.6 is 7.28 Å². The second kappa shape index (κ2) is 5.30. The highest BCUT2D eigenvalue weighted by Gasteiger charge is 2.32. The summed E-state index contributed by atoms with van der Waals surface area (Å²) in [6.07, 6.45) is 2.08. The lowest BCUT2D eigenvalue weighted by Crippen LogP contribution is -2.17. The highest BCUT2D eigenvalue weighted by Crippen LogP contribution is 2.58. The summed E-state index contributed by atoms with van der Waals surface area (Å²) in [7, 11) is -3.17. The van der Waals surface area contributed by atoms with Gasteiger partial charge in [0.2, 0.25) is 0 Å². The smallest absolute Gasteiger partial charge is 0.174 e. The van der Waals surface area contributed by atoms with Crippen LogP contribution < -0.4 is 4.52 Å². The van der Waals surface area contributed by atoms with Crippen molar-refractivity contribution in [1.82, 2.24) is 0 Å². The molecule has 0 amide bonds. The second-order valence-corrected chi connectivity index (χ2v) is 14.0. The van der Waals surface area contributed by atoms with E-state index in [4.69, 9.17) is 8.93 Å². The van der Waals surface area contributed by atoms with E-state index in [0.29, 0.717) is 0 Å². The number of hydrogen-bond acceptors (Lipinski definition) is 2. The van der Waals surface area contributed by atoms with Gasteiger partial charge in [-0.2, -0.15) is 0 Å². The van der Waals surface area contributed by atoms with Crippen molar-refractivity contribution in [1.29, 1.82) is 0 Å². The minimum atomic E-state index is -1.69. The zero-order chi connectivity index (χ0) is 14.1. The Kier molecular flexibility index (Phi) is 4.07. The van der Waals surface area contributed by atoms with Gasteiger partial charge in [0.15, 0.2) is 8.24 Å². The molecule has 1 aliphatic rings. The molecule has 0 saturated carbocycles. The summed E-state index contributed by atoms with van der Waals surface area (Å²) in [6, 6.07) is 10.2. The number of allylic oxidation sites excluding steroid dienone is 2. The van der Waals surface area contributed by atoms with Crippen LogP contribution in [0.25, 0.3) is 0 Å². The van der Waals surface area contributed by atoms with Crippen molar-refractivity contribution in [3.8, 4) is 5.75 Å². The zero-order valence-corrected chi connectivity index (χ0v) is 14.5. The quantitative estimate of drug-likeness (QED) is 0.417. The monoisotopic (exact) mass is 293 g/mol. The molecular weight excluding hydrogens is 269 g/mol. The lowest BCUT2D eigenvalue weighted by molar-refractivity contribution is 0.608. The summed E-state index contributed by atoms with van der Waals surface area (Å²) in [5.41, 5.74) is 2.96. The van der Waals surface area contributed by atoms with Gasteiger partial charge in [0.05, 0.1) is 0 Å². The van der Waals surface area contributed by atoms with Crippen LogP contribution in [0.15, 0.2) is 45.9 Å². The molecule has 2 nitrogen and oxygen atoms in total. The normalized spacial score (nSPS) is 18.6. The van der Waals surface area contributed by atoms with E-state index < -0.39 is 15.5 Å². The molecule has 0 aromatic heterocycles. The maximum absolute atomic E-state index is 6.42. The first kappa shape index (κ1) is 14.6. The number of para-hydroxylation sites is 1. The Balaban J connectivity index is 2.36. The van der Waals surface area contributed by atoms with Gasteiger partial charge in [-0.3, -0.25) is 0 Å². The fourth-order valence-corrected chi connectivity index (χ4v) is 10.3. The van der Waals surface area contributed by atoms with E-state index in [1.807, 2.05) is 30.3 Å². The summed E-state index contributed by atoms with van der Waals surface area (Å²) in [5, 5.41) is 0. The molecule has 1 aliphatic heterocycles. The van der Waals surface area contributed by atoms with Gasteiger partial charge in [0.1, 0.15) is 13.0 Å². The minimum absolute atomic E-state index is 0.973. The Morgan fingerprint density at radius 1 is 1.00 bits per heavy atom. The first-order chi connectivity index (χ1) is 8.80. The lowest BCUT2D eigenvalue weighted by Gasteiger charge is -2.26. The standard InChI is InChI=1S/C15H24NOPSi/c1-13-11-18(12-14(13)2,16-19(3,4)5)17-15-9-7-6-8-10-15/h6-10H,11-12H2,1-5H3. The Bertz CT molecular complexity index is 525. The molecule has 0 spiro atoms. The zero-order valence-electron chi connectivity index (χ0n) is 12.6. The van der Waals surface area contributed by atoms with Crippen LogP contribution in [0.1, 0.15) is 13.8 Å². The van der Waals surface area contributed by atoms with Crippen molar-refractivity contribution < 1.29 is 4.52 Å². The van der Waals surface area contributed by atoms with E-state index >= 15 is 0 Å². The number of hydrogen-bond donors (Lipinski definition) is 0. The molecule has 1 heterocycles. The summed E-state index contributed by atoms with van der Waals surface area (Å²) in [5.74, 6) is 0.973. The number of nitrogens with zero attached hydrogens (tertiary/aromatic N) is 1. The summed E-state index contributed by atoms with van der Waals surface area (Å²) >= 11 is 0. The Hall–Kier alpha value is -0.793. The van der Waals surface area contributed by atoms with E-state index in [2.05, 4.69) is 33.5 Å². The van der Waals surface area contributed by atoms with E-state index in [1.165, 1.54) is 11.1 Å². The molecule has 1 aromatic rings. The highest BCUT2D eigenvalue weighted by molar-refractivity contribution is 7.63. The van der Waals surface area contributed by atoms with E-state index in [9.17, 15) is 0 Å². The van der Waals surface area contributed by atoms with Gasteiger partial charge in [-0.05, 0) is 45.6 Å². The van der Waals surface area contributed by atoms with Crippen molar-refractivity contribution in [2.24, 2.45) is 4.41 Å². The average molecular weight is 293 g/mol. The minimum Gasteiger partial charge on any atom is -0.460 e. The van der Waals surface area contributed by atoms with Gasteiger partial charge in [-0.1, -0.05) is 29.3 Å². The summed E-state index contributed by atoms with van der Waals surface area (Å²) < 4.78 is 11.6. The van der Waals surface area contributed by atoms with Gasteiger partial charge in [0.25, 0.3) is 0 Å². The molecule has 0 saturated heterocycles. The predicted octanol–water partition coefficient (Wildman–Crippen LogP) is 5.37. The SMILES string of the molecule is CC1=C(C)CP(=N[Si](C)(C)C)(Oc2ccccc2)C1.